The molecule has 1 aromatic rings. The number of nitrogens with zero attached hydrogens (tertiary/aromatic N) is 1. The Balaban J connectivity index is 2.48. The number of nitrogens with one attached hydrogen (secondary N) is 1. The van der Waals surface area contributed by atoms with Crippen molar-refractivity contribution in [3.8, 4) is 0 Å². The molecule has 3 heteroatoms. The van der Waals surface area contributed by atoms with Crippen LogP contribution in [0.4, 0.5) is 5.69 Å². The Morgan fingerprint density at radius 1 is 1.21 bits per heavy atom. The number of aliphatic hydroxyl groups is 1. The van der Waals surface area contributed by atoms with Crippen molar-refractivity contribution >= 4 is 18.0 Å². The fourth-order valence-corrected chi connectivity index (χ4v) is 2.14. The third-order valence-corrected chi connectivity index (χ3v) is 3.57. The average Bonchev–Trinajstić information content (AvgIpc) is 2.62. The van der Waals surface area contributed by atoms with Crippen molar-refractivity contribution in [1.29, 1.82) is 0 Å². The van der Waals surface area contributed by atoms with E-state index in [0.29, 0.717) is 6.54 Å². The first-order valence-electron chi connectivity index (χ1n) is 8.75. The fourth-order valence-electron chi connectivity index (χ4n) is 2.14. The minimum atomic E-state index is 0.134. The molecular formula is C21H30N2O. The molecule has 0 saturated heterocycles. The second-order valence-electron chi connectivity index (χ2n) is 5.59. The van der Waals surface area contributed by atoms with Gasteiger partial charge in [-0.2, -0.15) is 0 Å². The molecule has 0 aliphatic carbocycles. The SMILES string of the molecule is C=CC(/C=C/c1ccc(NCCO)cc1)=C\C=NCCCCCC. The summed E-state index contributed by atoms with van der Waals surface area (Å²) in [5, 5.41) is 11.9. The molecule has 2 N–H and O–H groups in total. The predicted octanol–water partition coefficient (Wildman–Crippen LogP) is 4.87. The lowest BCUT2D eigenvalue weighted by atomic mass is 10.1. The van der Waals surface area contributed by atoms with Crippen molar-refractivity contribution < 1.29 is 5.11 Å². The molecule has 0 aliphatic rings. The Kier molecular flexibility index (Phi) is 11.1. The molecule has 0 bridgehead atoms. The minimum Gasteiger partial charge on any atom is -0.395 e. The molecule has 0 unspecified atom stereocenters. The highest BCUT2D eigenvalue weighted by Crippen LogP contribution is 2.11. The van der Waals surface area contributed by atoms with Crippen molar-refractivity contribution in [2.24, 2.45) is 4.99 Å². The van der Waals surface area contributed by atoms with Gasteiger partial charge in [0.1, 0.15) is 0 Å². The number of benzene rings is 1. The van der Waals surface area contributed by atoms with Gasteiger partial charge in [-0.15, -0.1) is 0 Å². The molecule has 0 fully saturated rings. The summed E-state index contributed by atoms with van der Waals surface area (Å²) in [5.41, 5.74) is 3.17. The quantitative estimate of drug-likeness (QED) is 0.327. The first-order valence-corrected chi connectivity index (χ1v) is 8.75. The summed E-state index contributed by atoms with van der Waals surface area (Å²) in [6.45, 7) is 7.66. The maximum atomic E-state index is 8.80. The number of aliphatic hydroxyl groups excluding tert-OH is 1. The third-order valence-electron chi connectivity index (χ3n) is 3.57. The highest BCUT2D eigenvalue weighted by atomic mass is 16.3. The molecule has 1 aromatic carbocycles. The van der Waals surface area contributed by atoms with Crippen molar-refractivity contribution in [2.75, 3.05) is 25.0 Å². The number of unbranched alkanes of at least 4 members (excludes halogenated alkanes) is 3. The van der Waals surface area contributed by atoms with Crippen LogP contribution in [0.1, 0.15) is 38.2 Å². The van der Waals surface area contributed by atoms with Crippen LogP contribution in [0.2, 0.25) is 0 Å². The second-order valence-corrected chi connectivity index (χ2v) is 5.59. The van der Waals surface area contributed by atoms with Gasteiger partial charge >= 0.3 is 0 Å². The highest BCUT2D eigenvalue weighted by Gasteiger charge is 1.91. The molecule has 1 rings (SSSR count). The lowest BCUT2D eigenvalue weighted by Crippen LogP contribution is -2.04. The molecule has 0 aliphatic heterocycles. The topological polar surface area (TPSA) is 44.6 Å². The van der Waals surface area contributed by atoms with Crippen LogP contribution in [0.5, 0.6) is 0 Å². The van der Waals surface area contributed by atoms with E-state index in [-0.39, 0.29) is 6.61 Å². The Hall–Kier alpha value is -2.13. The van der Waals surface area contributed by atoms with Gasteiger partial charge in [0.15, 0.2) is 0 Å². The summed E-state index contributed by atoms with van der Waals surface area (Å²) in [6, 6.07) is 8.09. The summed E-state index contributed by atoms with van der Waals surface area (Å²) in [4.78, 5) is 4.41. The monoisotopic (exact) mass is 326 g/mol. The van der Waals surface area contributed by atoms with Crippen molar-refractivity contribution in [2.45, 2.75) is 32.6 Å². The molecule has 0 spiro atoms. The van der Waals surface area contributed by atoms with E-state index in [2.05, 4.69) is 29.9 Å². The summed E-state index contributed by atoms with van der Waals surface area (Å²) in [7, 11) is 0. The Labute approximate surface area is 146 Å². The van der Waals surface area contributed by atoms with Gasteiger partial charge in [-0.25, -0.2) is 0 Å². The minimum absolute atomic E-state index is 0.134. The third kappa shape index (κ3) is 9.11. The van der Waals surface area contributed by atoms with Gasteiger partial charge in [0, 0.05) is 25.0 Å². The zero-order valence-corrected chi connectivity index (χ0v) is 14.7. The number of rotatable bonds is 12. The fraction of sp³-hybridized carbons (Fsp3) is 0.381. The van der Waals surface area contributed by atoms with E-state index in [4.69, 9.17) is 5.11 Å². The summed E-state index contributed by atoms with van der Waals surface area (Å²) >= 11 is 0. The zero-order chi connectivity index (χ0) is 17.5. The van der Waals surface area contributed by atoms with Crippen LogP contribution in [0.25, 0.3) is 6.08 Å². The van der Waals surface area contributed by atoms with Gasteiger partial charge in [0.05, 0.1) is 6.61 Å². The van der Waals surface area contributed by atoms with E-state index in [1.807, 2.05) is 48.7 Å². The number of aliphatic imine (C=N–C) groups is 1. The first kappa shape index (κ1) is 19.9. The lowest BCUT2D eigenvalue weighted by molar-refractivity contribution is 0.311. The van der Waals surface area contributed by atoms with Crippen LogP contribution < -0.4 is 5.32 Å². The van der Waals surface area contributed by atoms with Crippen LogP contribution in [0, 0.1) is 0 Å². The van der Waals surface area contributed by atoms with E-state index >= 15 is 0 Å². The molecule has 0 heterocycles. The molecule has 3 nitrogen and oxygen atoms in total. The van der Waals surface area contributed by atoms with Crippen LogP contribution in [-0.4, -0.2) is 31.0 Å². The Bertz CT molecular complexity index is 541. The van der Waals surface area contributed by atoms with Gasteiger partial charge in [-0.3, -0.25) is 4.99 Å². The molecule has 0 atom stereocenters. The normalized spacial score (nSPS) is 12.2. The van der Waals surface area contributed by atoms with Crippen LogP contribution >= 0.6 is 0 Å². The predicted molar refractivity (Wildman–Crippen MR) is 107 cm³/mol. The molecule has 0 radical (unpaired) electrons. The van der Waals surface area contributed by atoms with Crippen molar-refractivity contribution in [3.63, 3.8) is 0 Å². The van der Waals surface area contributed by atoms with E-state index in [9.17, 15) is 0 Å². The van der Waals surface area contributed by atoms with Crippen LogP contribution in [0.15, 0.2) is 59.6 Å². The number of allylic oxidation sites excluding steroid dienone is 4. The maximum Gasteiger partial charge on any atom is 0.0604 e. The second kappa shape index (κ2) is 13.3. The summed E-state index contributed by atoms with van der Waals surface area (Å²) < 4.78 is 0. The molecule has 0 amide bonds. The van der Waals surface area contributed by atoms with Gasteiger partial charge in [0.2, 0.25) is 0 Å². The van der Waals surface area contributed by atoms with E-state index < -0.39 is 0 Å². The zero-order valence-electron chi connectivity index (χ0n) is 14.7. The molecule has 0 saturated carbocycles. The Morgan fingerprint density at radius 2 is 2.00 bits per heavy atom. The Morgan fingerprint density at radius 3 is 2.67 bits per heavy atom. The average molecular weight is 326 g/mol. The molecule has 24 heavy (non-hydrogen) atoms. The van der Waals surface area contributed by atoms with Crippen molar-refractivity contribution in [3.05, 3.63) is 60.2 Å². The molecule has 130 valence electrons. The standard InChI is InChI=1S/C21H30N2O/c1-3-5-6-7-15-22-16-14-19(4-2)8-9-20-10-12-21(13-11-20)23-17-18-24/h4,8-14,16,23-24H,2-3,5-7,15,17-18H2,1H3/b9-8+,19-14+,22-16?. The number of hydrogen-bond donors (Lipinski definition) is 2. The first-order chi connectivity index (χ1) is 11.8. The smallest absolute Gasteiger partial charge is 0.0604 e. The van der Waals surface area contributed by atoms with E-state index in [1.165, 1.54) is 19.3 Å². The summed E-state index contributed by atoms with van der Waals surface area (Å²) in [5.74, 6) is 0. The number of anilines is 1. The van der Waals surface area contributed by atoms with Crippen molar-refractivity contribution in [1.82, 2.24) is 0 Å². The molecular weight excluding hydrogens is 296 g/mol. The van der Waals surface area contributed by atoms with Gasteiger partial charge in [-0.05, 0) is 35.8 Å². The maximum absolute atomic E-state index is 8.80. The lowest BCUT2D eigenvalue weighted by Gasteiger charge is -2.04. The highest BCUT2D eigenvalue weighted by molar-refractivity contribution is 5.75. The molecule has 0 aromatic heterocycles. The summed E-state index contributed by atoms with van der Waals surface area (Å²) in [6.07, 6.45) is 14.7. The van der Waals surface area contributed by atoms with Gasteiger partial charge in [0.25, 0.3) is 0 Å². The van der Waals surface area contributed by atoms with Gasteiger partial charge in [-0.1, -0.05) is 63.1 Å². The largest absolute Gasteiger partial charge is 0.395 e. The van der Waals surface area contributed by atoms with E-state index in [1.54, 1.807) is 0 Å². The van der Waals surface area contributed by atoms with Crippen LogP contribution in [0.3, 0.4) is 0 Å². The van der Waals surface area contributed by atoms with E-state index in [0.717, 1.165) is 29.8 Å². The van der Waals surface area contributed by atoms with Crippen LogP contribution in [-0.2, 0) is 0 Å². The van der Waals surface area contributed by atoms with Gasteiger partial charge < -0.3 is 10.4 Å². The number of hydrogen-bond acceptors (Lipinski definition) is 3.